The summed E-state index contributed by atoms with van der Waals surface area (Å²) in [6.07, 6.45) is 1.77. The summed E-state index contributed by atoms with van der Waals surface area (Å²) in [5.74, 6) is 3.55. The first-order valence-electron chi connectivity index (χ1n) is 6.86. The van der Waals surface area contributed by atoms with Gasteiger partial charge in [-0.3, -0.25) is 4.98 Å². The summed E-state index contributed by atoms with van der Waals surface area (Å²) in [4.78, 5) is 12.9. The van der Waals surface area contributed by atoms with Gasteiger partial charge in [-0.1, -0.05) is 25.6 Å². The summed E-state index contributed by atoms with van der Waals surface area (Å²) in [6.45, 7) is 10.5. The van der Waals surface area contributed by atoms with Crippen molar-refractivity contribution in [2.24, 2.45) is 0 Å². The Labute approximate surface area is 126 Å². The molecule has 0 amide bonds. The summed E-state index contributed by atoms with van der Waals surface area (Å²) in [6, 6.07) is 3.91. The Hall–Kier alpha value is -2.19. The monoisotopic (exact) mass is 296 g/mol. The lowest BCUT2D eigenvalue weighted by atomic mass is 10.1. The second-order valence-corrected chi connectivity index (χ2v) is 10.8. The van der Waals surface area contributed by atoms with Gasteiger partial charge in [-0.05, 0) is 26.0 Å². The van der Waals surface area contributed by atoms with Crippen LogP contribution in [0.15, 0.2) is 18.3 Å². The smallest absolute Gasteiger partial charge is 0.220 e. The van der Waals surface area contributed by atoms with E-state index in [1.807, 2.05) is 26.0 Å². The van der Waals surface area contributed by atoms with E-state index < -0.39 is 8.07 Å². The van der Waals surface area contributed by atoms with Crippen LogP contribution in [0.3, 0.4) is 0 Å². The number of pyridine rings is 1. The maximum absolute atomic E-state index is 5.81. The van der Waals surface area contributed by atoms with Gasteiger partial charge in [0.25, 0.3) is 0 Å². The lowest BCUT2D eigenvalue weighted by molar-refractivity contribution is 1.10. The molecular weight excluding hydrogens is 276 g/mol. The summed E-state index contributed by atoms with van der Waals surface area (Å²) in [5.41, 5.74) is 13.6. The summed E-state index contributed by atoms with van der Waals surface area (Å²) in [5, 5.41) is 0. The van der Waals surface area contributed by atoms with E-state index in [9.17, 15) is 0 Å². The van der Waals surface area contributed by atoms with Crippen LogP contribution in [0, 0.1) is 25.3 Å². The van der Waals surface area contributed by atoms with Gasteiger partial charge in [0.05, 0.1) is 17.0 Å². The van der Waals surface area contributed by atoms with Crippen molar-refractivity contribution < 1.29 is 0 Å². The minimum atomic E-state index is -1.47. The van der Waals surface area contributed by atoms with Crippen LogP contribution in [0.4, 0.5) is 5.95 Å². The van der Waals surface area contributed by atoms with Crippen molar-refractivity contribution in [2.75, 3.05) is 5.73 Å². The average molecular weight is 296 g/mol. The highest BCUT2D eigenvalue weighted by molar-refractivity contribution is 6.83. The fourth-order valence-electron chi connectivity index (χ4n) is 1.90. The molecule has 5 heteroatoms. The molecule has 0 saturated carbocycles. The highest BCUT2D eigenvalue weighted by atomic mass is 28.3. The third-order valence-corrected chi connectivity index (χ3v) is 3.71. The van der Waals surface area contributed by atoms with Crippen molar-refractivity contribution >= 4 is 14.0 Å². The van der Waals surface area contributed by atoms with Gasteiger partial charge < -0.3 is 5.73 Å². The maximum atomic E-state index is 5.81. The molecular formula is C16H20N4Si. The number of anilines is 1. The van der Waals surface area contributed by atoms with Crippen molar-refractivity contribution in [1.82, 2.24) is 15.0 Å². The van der Waals surface area contributed by atoms with E-state index in [0.717, 1.165) is 28.2 Å². The van der Waals surface area contributed by atoms with E-state index in [0.29, 0.717) is 0 Å². The van der Waals surface area contributed by atoms with E-state index in [2.05, 4.69) is 46.1 Å². The highest BCUT2D eigenvalue weighted by Crippen LogP contribution is 2.24. The molecule has 0 saturated heterocycles. The number of aryl methyl sites for hydroxylation is 2. The van der Waals surface area contributed by atoms with E-state index >= 15 is 0 Å². The topological polar surface area (TPSA) is 64.7 Å². The first kappa shape index (κ1) is 15.2. The number of nitrogens with zero attached hydrogens (tertiary/aromatic N) is 3. The molecule has 2 N–H and O–H groups in total. The van der Waals surface area contributed by atoms with E-state index in [-0.39, 0.29) is 5.95 Å². The number of hydrogen-bond acceptors (Lipinski definition) is 4. The Bertz CT molecular complexity index is 736. The van der Waals surface area contributed by atoms with E-state index in [1.54, 1.807) is 6.20 Å². The summed E-state index contributed by atoms with van der Waals surface area (Å²) in [7, 11) is -1.47. The molecule has 0 unspecified atom stereocenters. The predicted molar refractivity (Wildman–Crippen MR) is 89.4 cm³/mol. The SMILES string of the molecule is Cc1cc(-c2nc(N)nc(C)c2C#C[Si](C)(C)C)ccn1. The summed E-state index contributed by atoms with van der Waals surface area (Å²) < 4.78 is 0. The predicted octanol–water partition coefficient (Wildman–Crippen LogP) is 2.97. The van der Waals surface area contributed by atoms with Crippen LogP contribution in [0.25, 0.3) is 11.3 Å². The maximum Gasteiger partial charge on any atom is 0.220 e. The van der Waals surface area contributed by atoms with Gasteiger partial charge in [0.2, 0.25) is 5.95 Å². The highest BCUT2D eigenvalue weighted by Gasteiger charge is 2.13. The fourth-order valence-corrected chi connectivity index (χ4v) is 2.40. The van der Waals surface area contributed by atoms with Gasteiger partial charge in [0.15, 0.2) is 0 Å². The van der Waals surface area contributed by atoms with Crippen LogP contribution in [0.2, 0.25) is 19.6 Å². The average Bonchev–Trinajstić information content (AvgIpc) is 2.35. The number of nitrogen functional groups attached to an aromatic ring is 1. The second-order valence-electron chi connectivity index (χ2n) is 6.08. The van der Waals surface area contributed by atoms with Crippen molar-refractivity contribution in [3.8, 4) is 22.7 Å². The Morgan fingerprint density at radius 1 is 1.14 bits per heavy atom. The molecule has 4 nitrogen and oxygen atoms in total. The molecule has 0 fully saturated rings. The lowest BCUT2D eigenvalue weighted by Crippen LogP contribution is -2.16. The quantitative estimate of drug-likeness (QED) is 0.649. The number of rotatable bonds is 1. The Balaban J connectivity index is 2.66. The number of hydrogen-bond donors (Lipinski definition) is 1. The molecule has 0 spiro atoms. The molecule has 0 bridgehead atoms. The van der Waals surface area contributed by atoms with Gasteiger partial charge in [0, 0.05) is 17.5 Å². The second kappa shape index (κ2) is 5.66. The number of nitrogens with two attached hydrogens (primary N) is 1. The molecule has 0 atom stereocenters. The fraction of sp³-hybridized carbons (Fsp3) is 0.312. The Morgan fingerprint density at radius 2 is 1.86 bits per heavy atom. The van der Waals surface area contributed by atoms with Crippen molar-refractivity contribution in [3.05, 3.63) is 35.3 Å². The van der Waals surface area contributed by atoms with Gasteiger partial charge in [-0.15, -0.1) is 5.54 Å². The van der Waals surface area contributed by atoms with Crippen LogP contribution in [0.1, 0.15) is 17.0 Å². The molecule has 2 heterocycles. The molecule has 0 aromatic carbocycles. The third kappa shape index (κ3) is 3.89. The molecule has 0 aliphatic heterocycles. The van der Waals surface area contributed by atoms with Gasteiger partial charge >= 0.3 is 0 Å². The zero-order valence-electron chi connectivity index (χ0n) is 13.2. The van der Waals surface area contributed by atoms with Crippen LogP contribution in [0.5, 0.6) is 0 Å². The van der Waals surface area contributed by atoms with Gasteiger partial charge in [-0.25, -0.2) is 9.97 Å². The van der Waals surface area contributed by atoms with Crippen molar-refractivity contribution in [1.29, 1.82) is 0 Å². The van der Waals surface area contributed by atoms with Gasteiger partial charge in [-0.2, -0.15) is 0 Å². The van der Waals surface area contributed by atoms with Gasteiger partial charge in [0.1, 0.15) is 8.07 Å². The van der Waals surface area contributed by atoms with Crippen LogP contribution < -0.4 is 5.73 Å². The molecule has 108 valence electrons. The van der Waals surface area contributed by atoms with E-state index in [4.69, 9.17) is 5.73 Å². The zero-order valence-corrected chi connectivity index (χ0v) is 14.2. The first-order valence-corrected chi connectivity index (χ1v) is 10.4. The third-order valence-electron chi connectivity index (χ3n) is 2.84. The van der Waals surface area contributed by atoms with Crippen molar-refractivity contribution in [3.63, 3.8) is 0 Å². The lowest BCUT2D eigenvalue weighted by Gasteiger charge is -2.09. The van der Waals surface area contributed by atoms with Crippen LogP contribution in [-0.2, 0) is 0 Å². The first-order chi connectivity index (χ1) is 9.76. The zero-order chi connectivity index (χ0) is 15.6. The molecule has 21 heavy (non-hydrogen) atoms. The molecule has 2 aromatic heterocycles. The largest absolute Gasteiger partial charge is 0.368 e. The standard InChI is InChI=1S/C16H20N4Si/c1-11-10-13(6-8-18-11)15-14(7-9-21(3,4)5)12(2)19-16(17)20-15/h6,8,10H,1-5H3,(H2,17,19,20). The molecule has 2 aromatic rings. The molecule has 2 rings (SSSR count). The van der Waals surface area contributed by atoms with Crippen LogP contribution in [-0.4, -0.2) is 23.0 Å². The number of aromatic nitrogens is 3. The minimum Gasteiger partial charge on any atom is -0.368 e. The minimum absolute atomic E-state index is 0.274. The normalized spacial score (nSPS) is 10.9. The molecule has 0 radical (unpaired) electrons. The Kier molecular flexibility index (Phi) is 4.10. The van der Waals surface area contributed by atoms with Crippen LogP contribution >= 0.6 is 0 Å². The van der Waals surface area contributed by atoms with E-state index in [1.165, 1.54) is 0 Å². The molecule has 0 aliphatic rings. The van der Waals surface area contributed by atoms with Crippen molar-refractivity contribution in [2.45, 2.75) is 33.5 Å². The molecule has 0 aliphatic carbocycles. The Morgan fingerprint density at radius 3 is 2.48 bits per heavy atom. The summed E-state index contributed by atoms with van der Waals surface area (Å²) >= 11 is 0.